The maximum atomic E-state index is 13.6. The molecule has 2 fully saturated rings. The van der Waals surface area contributed by atoms with E-state index in [1.807, 2.05) is 32.9 Å². The largest absolute Gasteiger partial charge is 0.514 e. The summed E-state index contributed by atoms with van der Waals surface area (Å²) in [6.45, 7) is 7.95. The molecule has 0 spiro atoms. The second kappa shape index (κ2) is 7.35. The van der Waals surface area contributed by atoms with Crippen LogP contribution >= 0.6 is 0 Å². The van der Waals surface area contributed by atoms with Gasteiger partial charge in [0, 0.05) is 0 Å². The molecule has 5 atom stereocenters. The SMILES string of the molecule is C#CCOC(=O)OC1=C(c2c(C)cc(C)cc2C)C(=O)[C@@H]2[C@H]1[C@@H]1O[C@H]2C[C@H]1CC. The lowest BCUT2D eigenvalue weighted by Crippen LogP contribution is -2.34. The van der Waals surface area contributed by atoms with Gasteiger partial charge in [0.1, 0.15) is 5.76 Å². The Balaban J connectivity index is 1.83. The molecule has 5 nitrogen and oxygen atoms in total. The summed E-state index contributed by atoms with van der Waals surface area (Å²) in [6.07, 6.45) is 5.92. The number of hydrogen-bond donors (Lipinski definition) is 0. The standard InChI is InChI=1S/C24H26O5/c1-6-8-27-24(26)29-23-19(17-13(4)9-12(3)10-14(17)5)21(25)18-16-11-15(7-2)22(28-16)20(18)23/h1,9-10,15-16,18,20,22H,7-8,11H2,2-5H3/t15-,16+,18+,20+,22-/m1/s1. The van der Waals surface area contributed by atoms with Gasteiger partial charge in [0.2, 0.25) is 0 Å². The Morgan fingerprint density at radius 2 is 1.93 bits per heavy atom. The van der Waals surface area contributed by atoms with Gasteiger partial charge in [-0.3, -0.25) is 4.79 Å². The number of rotatable bonds is 4. The highest BCUT2D eigenvalue weighted by Gasteiger charge is 2.62. The highest BCUT2D eigenvalue weighted by Crippen LogP contribution is 2.57. The molecule has 1 aromatic carbocycles. The van der Waals surface area contributed by atoms with Crippen molar-refractivity contribution in [2.45, 2.75) is 52.7 Å². The van der Waals surface area contributed by atoms with Crippen molar-refractivity contribution in [1.29, 1.82) is 0 Å². The second-order valence-electron chi connectivity index (χ2n) is 8.32. The lowest BCUT2D eigenvalue weighted by atomic mass is 9.74. The van der Waals surface area contributed by atoms with E-state index in [0.717, 1.165) is 35.1 Å². The van der Waals surface area contributed by atoms with E-state index in [-0.39, 0.29) is 36.4 Å². The van der Waals surface area contributed by atoms with Crippen LogP contribution in [0.5, 0.6) is 0 Å². The minimum Gasteiger partial charge on any atom is -0.421 e. The van der Waals surface area contributed by atoms with E-state index in [1.165, 1.54) is 0 Å². The van der Waals surface area contributed by atoms with Crippen LogP contribution in [0.25, 0.3) is 5.57 Å². The summed E-state index contributed by atoms with van der Waals surface area (Å²) in [6, 6.07) is 4.09. The van der Waals surface area contributed by atoms with Crippen LogP contribution in [0.2, 0.25) is 0 Å². The topological polar surface area (TPSA) is 61.8 Å². The van der Waals surface area contributed by atoms with Crippen molar-refractivity contribution in [2.75, 3.05) is 6.61 Å². The number of aryl methyl sites for hydroxylation is 3. The first-order valence-corrected chi connectivity index (χ1v) is 10.2. The fourth-order valence-corrected chi connectivity index (χ4v) is 5.50. The van der Waals surface area contributed by atoms with Crippen molar-refractivity contribution in [3.63, 3.8) is 0 Å². The maximum Gasteiger partial charge on any atom is 0.514 e. The number of allylic oxidation sites excluding steroid dienone is 1. The van der Waals surface area contributed by atoms with E-state index in [0.29, 0.717) is 17.3 Å². The molecule has 2 aliphatic heterocycles. The van der Waals surface area contributed by atoms with Crippen molar-refractivity contribution in [3.05, 3.63) is 40.1 Å². The van der Waals surface area contributed by atoms with Crippen LogP contribution in [0.3, 0.4) is 0 Å². The predicted molar refractivity (Wildman–Crippen MR) is 108 cm³/mol. The number of benzene rings is 1. The molecule has 4 rings (SSSR count). The van der Waals surface area contributed by atoms with Crippen molar-refractivity contribution >= 4 is 17.5 Å². The molecular weight excluding hydrogens is 368 g/mol. The molecule has 152 valence electrons. The van der Waals surface area contributed by atoms with Gasteiger partial charge in [-0.25, -0.2) is 4.79 Å². The average Bonchev–Trinajstić information content (AvgIpc) is 3.32. The first-order valence-electron chi connectivity index (χ1n) is 10.2. The molecule has 1 aromatic rings. The molecule has 5 heteroatoms. The monoisotopic (exact) mass is 394 g/mol. The number of carbonyl (C=O) groups excluding carboxylic acids is 2. The van der Waals surface area contributed by atoms with Crippen molar-refractivity contribution in [1.82, 2.24) is 0 Å². The minimum atomic E-state index is -0.873. The summed E-state index contributed by atoms with van der Waals surface area (Å²) < 4.78 is 16.8. The minimum absolute atomic E-state index is 0.00635. The number of Topliss-reactive ketones (excluding diaryl/α,β-unsaturated/α-hetero) is 1. The van der Waals surface area contributed by atoms with E-state index in [9.17, 15) is 9.59 Å². The van der Waals surface area contributed by atoms with Crippen molar-refractivity contribution < 1.29 is 23.8 Å². The Morgan fingerprint density at radius 3 is 2.55 bits per heavy atom. The van der Waals surface area contributed by atoms with Crippen LogP contribution < -0.4 is 0 Å². The van der Waals surface area contributed by atoms with Gasteiger partial charge in [-0.15, -0.1) is 6.42 Å². The van der Waals surface area contributed by atoms with Crippen LogP contribution in [-0.4, -0.2) is 30.8 Å². The Morgan fingerprint density at radius 1 is 1.24 bits per heavy atom. The molecule has 2 heterocycles. The quantitative estimate of drug-likeness (QED) is 0.568. The summed E-state index contributed by atoms with van der Waals surface area (Å²) in [5.41, 5.74) is 4.46. The third-order valence-electron chi connectivity index (χ3n) is 6.49. The summed E-state index contributed by atoms with van der Waals surface area (Å²) in [4.78, 5) is 25.9. The van der Waals surface area contributed by atoms with Gasteiger partial charge in [-0.05, 0) is 49.8 Å². The van der Waals surface area contributed by atoms with Crippen LogP contribution in [0, 0.1) is 50.9 Å². The van der Waals surface area contributed by atoms with Gasteiger partial charge in [0.15, 0.2) is 12.4 Å². The smallest absolute Gasteiger partial charge is 0.421 e. The van der Waals surface area contributed by atoms with Crippen LogP contribution in [-0.2, 0) is 19.0 Å². The fourth-order valence-electron chi connectivity index (χ4n) is 5.50. The summed E-state index contributed by atoms with van der Waals surface area (Å²) in [5, 5.41) is 0. The number of ether oxygens (including phenoxy) is 3. The molecule has 2 bridgehead atoms. The van der Waals surface area contributed by atoms with E-state index in [1.54, 1.807) is 0 Å². The van der Waals surface area contributed by atoms with E-state index >= 15 is 0 Å². The zero-order chi connectivity index (χ0) is 20.9. The van der Waals surface area contributed by atoms with Gasteiger partial charge in [-0.2, -0.15) is 0 Å². The first kappa shape index (κ1) is 19.7. The summed E-state index contributed by atoms with van der Waals surface area (Å²) in [7, 11) is 0. The second-order valence-corrected chi connectivity index (χ2v) is 8.32. The molecule has 0 amide bonds. The summed E-state index contributed by atoms with van der Waals surface area (Å²) in [5.74, 6) is 2.46. The summed E-state index contributed by atoms with van der Waals surface area (Å²) >= 11 is 0. The van der Waals surface area contributed by atoms with Crippen molar-refractivity contribution in [2.24, 2.45) is 17.8 Å². The van der Waals surface area contributed by atoms with Gasteiger partial charge in [-0.1, -0.05) is 37.0 Å². The third kappa shape index (κ3) is 3.07. The third-order valence-corrected chi connectivity index (χ3v) is 6.49. The molecule has 1 aliphatic carbocycles. The normalized spacial score (nSPS) is 29.8. The number of terminal acetylenes is 1. The molecule has 0 unspecified atom stereocenters. The van der Waals surface area contributed by atoms with E-state index in [2.05, 4.69) is 12.8 Å². The van der Waals surface area contributed by atoms with Crippen LogP contribution in [0.1, 0.15) is 42.0 Å². The lowest BCUT2D eigenvalue weighted by Gasteiger charge is -2.27. The number of hydrogen-bond acceptors (Lipinski definition) is 5. The highest BCUT2D eigenvalue weighted by atomic mass is 16.7. The number of fused-ring (bicyclic) bond motifs is 5. The molecular formula is C24H26O5. The Kier molecular flexibility index (Phi) is 5.00. The average molecular weight is 394 g/mol. The zero-order valence-corrected chi connectivity index (χ0v) is 17.3. The molecule has 0 radical (unpaired) electrons. The fraction of sp³-hybridized carbons (Fsp3) is 0.500. The predicted octanol–water partition coefficient (Wildman–Crippen LogP) is 4.12. The molecule has 0 N–H and O–H groups in total. The lowest BCUT2D eigenvalue weighted by molar-refractivity contribution is -0.118. The maximum absolute atomic E-state index is 13.6. The number of carbonyl (C=O) groups is 2. The molecule has 29 heavy (non-hydrogen) atoms. The Labute approximate surface area is 171 Å². The molecule has 2 saturated heterocycles. The zero-order valence-electron chi connectivity index (χ0n) is 17.3. The number of ketones is 1. The first-order chi connectivity index (χ1) is 13.9. The molecule has 3 aliphatic rings. The van der Waals surface area contributed by atoms with Gasteiger partial charge < -0.3 is 14.2 Å². The molecule has 0 saturated carbocycles. The van der Waals surface area contributed by atoms with Gasteiger partial charge >= 0.3 is 6.16 Å². The van der Waals surface area contributed by atoms with Crippen molar-refractivity contribution in [3.8, 4) is 12.3 Å². The van der Waals surface area contributed by atoms with E-state index in [4.69, 9.17) is 20.6 Å². The van der Waals surface area contributed by atoms with Crippen LogP contribution in [0.15, 0.2) is 17.9 Å². The Hall–Kier alpha value is -2.58. The molecule has 0 aromatic heterocycles. The van der Waals surface area contributed by atoms with E-state index < -0.39 is 6.16 Å². The van der Waals surface area contributed by atoms with Gasteiger partial charge in [0.25, 0.3) is 0 Å². The highest BCUT2D eigenvalue weighted by molar-refractivity contribution is 6.26. The van der Waals surface area contributed by atoms with Crippen LogP contribution in [0.4, 0.5) is 4.79 Å². The van der Waals surface area contributed by atoms with Gasteiger partial charge in [0.05, 0.1) is 29.6 Å². The Bertz CT molecular complexity index is 928.